The Morgan fingerprint density at radius 3 is 2.75 bits per heavy atom. The van der Waals surface area contributed by atoms with Crippen LogP contribution in [0.2, 0.25) is 0 Å². The van der Waals surface area contributed by atoms with Gasteiger partial charge in [0, 0.05) is 30.2 Å². The van der Waals surface area contributed by atoms with E-state index >= 15 is 0 Å². The van der Waals surface area contributed by atoms with E-state index in [9.17, 15) is 4.79 Å². The third kappa shape index (κ3) is 2.59. The molecule has 0 bridgehead atoms. The van der Waals surface area contributed by atoms with Gasteiger partial charge in [-0.2, -0.15) is 5.10 Å². The van der Waals surface area contributed by atoms with E-state index in [2.05, 4.69) is 20.1 Å². The molecule has 1 aliphatic rings. The van der Waals surface area contributed by atoms with Crippen LogP contribution >= 0.6 is 0 Å². The largest absolute Gasteiger partial charge is 0.478 e. The van der Waals surface area contributed by atoms with Crippen LogP contribution in [-0.4, -0.2) is 52.6 Å². The van der Waals surface area contributed by atoms with E-state index in [1.165, 1.54) is 0 Å². The maximum absolute atomic E-state index is 11.2. The van der Waals surface area contributed by atoms with Gasteiger partial charge in [0.1, 0.15) is 11.5 Å². The third-order valence-corrected chi connectivity index (χ3v) is 4.17. The Labute approximate surface area is 137 Å². The summed E-state index contributed by atoms with van der Waals surface area (Å²) >= 11 is 0. The molecule has 0 amide bonds. The molecule has 0 atom stereocenters. The minimum atomic E-state index is -0.954. The van der Waals surface area contributed by atoms with Crippen molar-refractivity contribution in [2.45, 2.75) is 0 Å². The molecule has 0 spiro atoms. The lowest BCUT2D eigenvalue weighted by Gasteiger charge is -2.27. The average molecular weight is 324 g/mol. The Morgan fingerprint density at radius 1 is 1.21 bits per heavy atom. The molecule has 0 radical (unpaired) electrons. The standard InChI is InChI=1S/C17H16N4O3/c22-17(23)11-1-3-14-13(9-11)16(20-19-14)12-2-4-15(18-10-12)21-5-7-24-8-6-21/h1-4,9-10H,5-8H2,(H,19,20)(H,22,23). The Morgan fingerprint density at radius 2 is 2.04 bits per heavy atom. The summed E-state index contributed by atoms with van der Waals surface area (Å²) < 4.78 is 5.35. The molecule has 4 rings (SSSR count). The highest BCUT2D eigenvalue weighted by molar-refractivity contribution is 5.98. The Bertz CT molecular complexity index is 882. The number of morpholine rings is 1. The zero-order chi connectivity index (χ0) is 16.5. The summed E-state index contributed by atoms with van der Waals surface area (Å²) in [6, 6.07) is 8.84. The molecular weight excluding hydrogens is 308 g/mol. The van der Waals surface area contributed by atoms with E-state index in [-0.39, 0.29) is 5.56 Å². The fourth-order valence-electron chi connectivity index (χ4n) is 2.87. The van der Waals surface area contributed by atoms with Gasteiger partial charge in [0.05, 0.1) is 24.3 Å². The normalized spacial score (nSPS) is 14.9. The topological polar surface area (TPSA) is 91.3 Å². The van der Waals surface area contributed by atoms with Crippen molar-refractivity contribution in [2.24, 2.45) is 0 Å². The molecule has 122 valence electrons. The number of aromatic carboxylic acids is 1. The number of hydrogen-bond acceptors (Lipinski definition) is 5. The summed E-state index contributed by atoms with van der Waals surface area (Å²) in [5.41, 5.74) is 2.59. The lowest BCUT2D eigenvalue weighted by atomic mass is 10.1. The quantitative estimate of drug-likeness (QED) is 0.767. The number of aromatic amines is 1. The minimum Gasteiger partial charge on any atom is -0.478 e. The predicted octanol–water partition coefficient (Wildman–Crippen LogP) is 2.16. The maximum Gasteiger partial charge on any atom is 0.335 e. The van der Waals surface area contributed by atoms with E-state index in [1.54, 1.807) is 24.4 Å². The molecular formula is C17H16N4O3. The lowest BCUT2D eigenvalue weighted by Crippen LogP contribution is -2.36. The van der Waals surface area contributed by atoms with Gasteiger partial charge in [-0.15, -0.1) is 0 Å². The molecule has 2 N–H and O–H groups in total. The van der Waals surface area contributed by atoms with Crippen LogP contribution in [0.5, 0.6) is 0 Å². The number of fused-ring (bicyclic) bond motifs is 1. The van der Waals surface area contributed by atoms with Crippen molar-refractivity contribution >= 4 is 22.7 Å². The van der Waals surface area contributed by atoms with Crippen molar-refractivity contribution in [1.82, 2.24) is 15.2 Å². The number of benzene rings is 1. The molecule has 7 nitrogen and oxygen atoms in total. The van der Waals surface area contributed by atoms with Gasteiger partial charge in [-0.05, 0) is 30.3 Å². The fourth-order valence-corrected chi connectivity index (χ4v) is 2.87. The first-order valence-corrected chi connectivity index (χ1v) is 7.73. The van der Waals surface area contributed by atoms with Crippen molar-refractivity contribution in [1.29, 1.82) is 0 Å². The van der Waals surface area contributed by atoms with Crippen LogP contribution in [0.4, 0.5) is 5.82 Å². The molecule has 7 heteroatoms. The Kier molecular flexibility index (Phi) is 3.62. The first-order valence-electron chi connectivity index (χ1n) is 7.73. The zero-order valence-corrected chi connectivity index (χ0v) is 12.9. The van der Waals surface area contributed by atoms with Gasteiger partial charge in [-0.25, -0.2) is 9.78 Å². The highest BCUT2D eigenvalue weighted by Crippen LogP contribution is 2.27. The number of hydrogen-bond donors (Lipinski definition) is 2. The SMILES string of the molecule is O=C(O)c1ccc2[nH]nc(-c3ccc(N4CCOCC4)nc3)c2c1. The van der Waals surface area contributed by atoms with Crippen LogP contribution in [-0.2, 0) is 4.74 Å². The summed E-state index contributed by atoms with van der Waals surface area (Å²) in [5.74, 6) is -0.0436. The second kappa shape index (κ2) is 5.93. The van der Waals surface area contributed by atoms with Crippen molar-refractivity contribution in [3.8, 4) is 11.3 Å². The molecule has 0 unspecified atom stereocenters. The average Bonchev–Trinajstić information content (AvgIpc) is 3.06. The molecule has 2 aromatic heterocycles. The van der Waals surface area contributed by atoms with Crippen LogP contribution in [0.1, 0.15) is 10.4 Å². The molecule has 24 heavy (non-hydrogen) atoms. The van der Waals surface area contributed by atoms with E-state index in [0.29, 0.717) is 18.9 Å². The number of carbonyl (C=O) groups is 1. The number of nitrogens with zero attached hydrogens (tertiary/aromatic N) is 3. The monoisotopic (exact) mass is 324 g/mol. The van der Waals surface area contributed by atoms with Crippen molar-refractivity contribution in [3.63, 3.8) is 0 Å². The smallest absolute Gasteiger partial charge is 0.335 e. The molecule has 1 saturated heterocycles. The molecule has 1 aliphatic heterocycles. The van der Waals surface area contributed by atoms with E-state index in [4.69, 9.17) is 9.84 Å². The second-order valence-corrected chi connectivity index (χ2v) is 5.64. The molecule has 1 aromatic carbocycles. The first kappa shape index (κ1) is 14.6. The highest BCUT2D eigenvalue weighted by Gasteiger charge is 2.14. The minimum absolute atomic E-state index is 0.239. The number of carboxylic acids is 1. The summed E-state index contributed by atoms with van der Waals surface area (Å²) in [6.07, 6.45) is 1.77. The van der Waals surface area contributed by atoms with Gasteiger partial charge in [-0.3, -0.25) is 5.10 Å². The van der Waals surface area contributed by atoms with Gasteiger partial charge in [0.25, 0.3) is 0 Å². The summed E-state index contributed by atoms with van der Waals surface area (Å²) in [7, 11) is 0. The number of aromatic nitrogens is 3. The van der Waals surface area contributed by atoms with Crippen LogP contribution in [0.3, 0.4) is 0 Å². The van der Waals surface area contributed by atoms with Gasteiger partial charge in [0.2, 0.25) is 0 Å². The number of H-pyrrole nitrogens is 1. The summed E-state index contributed by atoms with van der Waals surface area (Å²) in [5, 5.41) is 17.2. The molecule has 1 fully saturated rings. The fraction of sp³-hybridized carbons (Fsp3) is 0.235. The van der Waals surface area contributed by atoms with E-state index in [1.807, 2.05) is 12.1 Å². The van der Waals surface area contributed by atoms with Crippen LogP contribution in [0.15, 0.2) is 36.5 Å². The third-order valence-electron chi connectivity index (χ3n) is 4.17. The number of nitrogens with one attached hydrogen (secondary N) is 1. The first-order chi connectivity index (χ1) is 11.7. The highest BCUT2D eigenvalue weighted by atomic mass is 16.5. The van der Waals surface area contributed by atoms with Gasteiger partial charge >= 0.3 is 5.97 Å². The van der Waals surface area contributed by atoms with Crippen LogP contribution in [0, 0.1) is 0 Å². The summed E-state index contributed by atoms with van der Waals surface area (Å²) in [4.78, 5) is 17.9. The maximum atomic E-state index is 11.2. The molecule has 3 aromatic rings. The number of ether oxygens (including phenoxy) is 1. The molecule has 0 saturated carbocycles. The van der Waals surface area contributed by atoms with Gasteiger partial charge in [0.15, 0.2) is 0 Å². The zero-order valence-electron chi connectivity index (χ0n) is 12.9. The molecule has 3 heterocycles. The number of rotatable bonds is 3. The van der Waals surface area contributed by atoms with Gasteiger partial charge < -0.3 is 14.7 Å². The number of pyridine rings is 1. The van der Waals surface area contributed by atoms with Crippen molar-refractivity contribution < 1.29 is 14.6 Å². The second-order valence-electron chi connectivity index (χ2n) is 5.64. The number of carboxylic acid groups (broad SMARTS) is 1. The molecule has 0 aliphatic carbocycles. The predicted molar refractivity (Wildman–Crippen MR) is 89.3 cm³/mol. The number of anilines is 1. The Hall–Kier alpha value is -2.93. The summed E-state index contributed by atoms with van der Waals surface area (Å²) in [6.45, 7) is 3.09. The van der Waals surface area contributed by atoms with E-state index < -0.39 is 5.97 Å². The van der Waals surface area contributed by atoms with Crippen LogP contribution in [0.25, 0.3) is 22.2 Å². The Balaban J connectivity index is 1.69. The van der Waals surface area contributed by atoms with Crippen molar-refractivity contribution in [3.05, 3.63) is 42.1 Å². The van der Waals surface area contributed by atoms with Crippen LogP contribution < -0.4 is 4.90 Å². The van der Waals surface area contributed by atoms with Crippen molar-refractivity contribution in [2.75, 3.05) is 31.2 Å². The van der Waals surface area contributed by atoms with Gasteiger partial charge in [-0.1, -0.05) is 0 Å². The lowest BCUT2D eigenvalue weighted by molar-refractivity contribution is 0.0697. The van der Waals surface area contributed by atoms with E-state index in [0.717, 1.165) is 35.4 Å².